The Hall–Kier alpha value is -3.98. The summed E-state index contributed by atoms with van der Waals surface area (Å²) in [6, 6.07) is 15.3. The predicted molar refractivity (Wildman–Crippen MR) is 128 cm³/mol. The second-order valence-electron chi connectivity index (χ2n) is 7.43. The minimum absolute atomic E-state index is 0.0524. The zero-order chi connectivity index (χ0) is 23.5. The lowest BCUT2D eigenvalue weighted by atomic mass is 10.1. The highest BCUT2D eigenvalue weighted by Gasteiger charge is 2.17. The topological polar surface area (TPSA) is 99.4 Å². The van der Waals surface area contributed by atoms with E-state index in [1.165, 1.54) is 22.8 Å². The van der Waals surface area contributed by atoms with Gasteiger partial charge in [-0.1, -0.05) is 12.1 Å². The number of Topliss-reactive ketones (excluding diaryl/α,β-unsaturated/α-hetero) is 1. The molecule has 0 aliphatic carbocycles. The van der Waals surface area contributed by atoms with Gasteiger partial charge in [0.15, 0.2) is 5.78 Å². The van der Waals surface area contributed by atoms with Crippen LogP contribution in [0.1, 0.15) is 22.8 Å². The summed E-state index contributed by atoms with van der Waals surface area (Å²) >= 11 is 1.22. The Labute approximate surface area is 192 Å². The molecule has 0 spiro atoms. The van der Waals surface area contributed by atoms with Crippen molar-refractivity contribution in [3.63, 3.8) is 0 Å². The van der Waals surface area contributed by atoms with Crippen molar-refractivity contribution in [1.82, 2.24) is 9.13 Å². The molecule has 0 saturated heterocycles. The number of ketones is 1. The van der Waals surface area contributed by atoms with Gasteiger partial charge in [-0.15, -0.1) is 11.3 Å². The van der Waals surface area contributed by atoms with Crippen LogP contribution in [0.25, 0.3) is 10.2 Å². The number of anilines is 1. The monoisotopic (exact) mass is 463 g/mol. The van der Waals surface area contributed by atoms with Crippen LogP contribution in [0.2, 0.25) is 0 Å². The third-order valence-electron chi connectivity index (χ3n) is 5.19. The van der Waals surface area contributed by atoms with Gasteiger partial charge >= 0.3 is 5.69 Å². The summed E-state index contributed by atoms with van der Waals surface area (Å²) in [5, 5.41) is 4.45. The van der Waals surface area contributed by atoms with E-state index in [4.69, 9.17) is 4.74 Å². The van der Waals surface area contributed by atoms with Crippen molar-refractivity contribution in [2.75, 3.05) is 12.4 Å². The van der Waals surface area contributed by atoms with Crippen molar-refractivity contribution in [3.05, 3.63) is 91.9 Å². The molecule has 2 aromatic carbocycles. The Morgan fingerprint density at radius 3 is 2.48 bits per heavy atom. The summed E-state index contributed by atoms with van der Waals surface area (Å²) in [7, 11) is 1.54. The number of carbonyl (C=O) groups excluding carboxylic acids is 2. The van der Waals surface area contributed by atoms with Crippen molar-refractivity contribution < 1.29 is 14.3 Å². The number of hydrogen-bond acceptors (Lipinski definition) is 6. The van der Waals surface area contributed by atoms with E-state index in [0.717, 1.165) is 10.1 Å². The van der Waals surface area contributed by atoms with Gasteiger partial charge in [-0.2, -0.15) is 0 Å². The number of nitrogens with one attached hydrogen (secondary N) is 1. The third kappa shape index (κ3) is 4.63. The Morgan fingerprint density at radius 2 is 1.79 bits per heavy atom. The van der Waals surface area contributed by atoms with E-state index < -0.39 is 17.2 Å². The molecule has 2 aromatic heterocycles. The highest BCUT2D eigenvalue weighted by atomic mass is 32.1. The lowest BCUT2D eigenvalue weighted by Gasteiger charge is -2.13. The number of benzene rings is 2. The molecule has 4 rings (SSSR count). The number of ether oxygens (including phenoxy) is 1. The van der Waals surface area contributed by atoms with E-state index in [1.54, 1.807) is 67.1 Å². The number of thiophene rings is 1. The summed E-state index contributed by atoms with van der Waals surface area (Å²) in [6.07, 6.45) is 0. The fraction of sp³-hybridized carbons (Fsp3) is 0.167. The second-order valence-corrected chi connectivity index (χ2v) is 8.34. The summed E-state index contributed by atoms with van der Waals surface area (Å²) in [4.78, 5) is 50.4. The fourth-order valence-electron chi connectivity index (χ4n) is 3.51. The molecule has 0 atom stereocenters. The standard InChI is InChI=1S/C24H21N3O5S/c1-15(28)17-6-8-18(9-7-17)25-21(29)14-26-20-10-11-33-22(20)23(30)27(24(26)31)13-16-4-3-5-19(12-16)32-2/h3-12H,13-14H2,1-2H3,(H,25,29). The molecule has 0 radical (unpaired) electrons. The first-order valence-corrected chi connectivity index (χ1v) is 11.0. The van der Waals surface area contributed by atoms with E-state index in [1.807, 2.05) is 0 Å². The number of aromatic nitrogens is 2. The molecule has 2 heterocycles. The Morgan fingerprint density at radius 1 is 1.03 bits per heavy atom. The molecule has 0 aliphatic rings. The van der Waals surface area contributed by atoms with Crippen LogP contribution in [0.5, 0.6) is 5.75 Å². The van der Waals surface area contributed by atoms with Crippen molar-refractivity contribution in [3.8, 4) is 5.75 Å². The molecule has 1 N–H and O–H groups in total. The zero-order valence-electron chi connectivity index (χ0n) is 18.0. The Balaban J connectivity index is 1.66. The highest BCUT2D eigenvalue weighted by Crippen LogP contribution is 2.17. The van der Waals surface area contributed by atoms with Crippen molar-refractivity contribution in [1.29, 1.82) is 0 Å². The summed E-state index contributed by atoms with van der Waals surface area (Å²) in [5.74, 6) is 0.123. The summed E-state index contributed by atoms with van der Waals surface area (Å²) in [5.41, 5.74) is 1.21. The van der Waals surface area contributed by atoms with E-state index in [2.05, 4.69) is 5.32 Å². The van der Waals surface area contributed by atoms with E-state index >= 15 is 0 Å². The third-order valence-corrected chi connectivity index (χ3v) is 6.08. The molecule has 8 nitrogen and oxygen atoms in total. The zero-order valence-corrected chi connectivity index (χ0v) is 18.8. The molecule has 4 aromatic rings. The normalized spacial score (nSPS) is 10.8. The smallest absolute Gasteiger partial charge is 0.332 e. The van der Waals surface area contributed by atoms with E-state index in [0.29, 0.717) is 27.2 Å². The molecule has 168 valence electrons. The molecule has 0 fully saturated rings. The average molecular weight is 464 g/mol. The van der Waals surface area contributed by atoms with Crippen LogP contribution >= 0.6 is 11.3 Å². The molecular formula is C24H21N3O5S. The number of nitrogens with zero attached hydrogens (tertiary/aromatic N) is 2. The molecule has 9 heteroatoms. The van der Waals surface area contributed by atoms with Gasteiger partial charge in [-0.25, -0.2) is 4.79 Å². The van der Waals surface area contributed by atoms with Gasteiger partial charge in [0.2, 0.25) is 5.91 Å². The molecule has 0 bridgehead atoms. The van der Waals surface area contributed by atoms with Gasteiger partial charge in [0, 0.05) is 11.3 Å². The first-order chi connectivity index (χ1) is 15.9. The lowest BCUT2D eigenvalue weighted by molar-refractivity contribution is -0.116. The number of methoxy groups -OCH3 is 1. The second kappa shape index (κ2) is 9.25. The van der Waals surface area contributed by atoms with Crippen molar-refractivity contribution in [2.45, 2.75) is 20.0 Å². The Bertz CT molecular complexity index is 1460. The van der Waals surface area contributed by atoms with Crippen molar-refractivity contribution in [2.24, 2.45) is 0 Å². The van der Waals surface area contributed by atoms with Crippen LogP contribution in [0.4, 0.5) is 5.69 Å². The van der Waals surface area contributed by atoms with Gasteiger partial charge < -0.3 is 10.1 Å². The van der Waals surface area contributed by atoms with E-state index in [9.17, 15) is 19.2 Å². The largest absolute Gasteiger partial charge is 0.497 e. The minimum Gasteiger partial charge on any atom is -0.497 e. The quantitative estimate of drug-likeness (QED) is 0.425. The SMILES string of the molecule is COc1cccc(Cn2c(=O)c3sccc3n(CC(=O)Nc3ccc(C(C)=O)cc3)c2=O)c1. The maximum Gasteiger partial charge on any atom is 0.332 e. The van der Waals surface area contributed by atoms with Crippen LogP contribution in [-0.4, -0.2) is 27.9 Å². The van der Waals surface area contributed by atoms with Gasteiger partial charge in [0.1, 0.15) is 17.0 Å². The number of fused-ring (bicyclic) bond motifs is 1. The van der Waals surface area contributed by atoms with Crippen LogP contribution in [0.3, 0.4) is 0 Å². The summed E-state index contributed by atoms with van der Waals surface area (Å²) in [6.45, 7) is 1.25. The maximum atomic E-state index is 13.2. The lowest BCUT2D eigenvalue weighted by Crippen LogP contribution is -2.41. The summed E-state index contributed by atoms with van der Waals surface area (Å²) < 4.78 is 8.05. The minimum atomic E-state index is -0.573. The van der Waals surface area contributed by atoms with E-state index in [-0.39, 0.29) is 18.9 Å². The average Bonchev–Trinajstić information content (AvgIpc) is 3.30. The van der Waals surface area contributed by atoms with Gasteiger partial charge in [0.05, 0.1) is 19.2 Å². The number of amides is 1. The van der Waals surface area contributed by atoms with Crippen molar-refractivity contribution >= 4 is 38.9 Å². The number of carbonyl (C=O) groups is 2. The van der Waals surface area contributed by atoms with Gasteiger partial charge in [-0.05, 0) is 60.3 Å². The number of rotatable bonds is 7. The van der Waals surface area contributed by atoms with Crippen LogP contribution in [0, 0.1) is 0 Å². The highest BCUT2D eigenvalue weighted by molar-refractivity contribution is 7.17. The number of hydrogen-bond donors (Lipinski definition) is 1. The Kier molecular flexibility index (Phi) is 6.23. The first-order valence-electron chi connectivity index (χ1n) is 10.1. The van der Waals surface area contributed by atoms with Gasteiger partial charge in [-0.3, -0.25) is 23.5 Å². The molecule has 0 saturated carbocycles. The van der Waals surface area contributed by atoms with Crippen LogP contribution in [-0.2, 0) is 17.9 Å². The molecular weight excluding hydrogens is 442 g/mol. The molecule has 0 aliphatic heterocycles. The predicted octanol–water partition coefficient (Wildman–Crippen LogP) is 3.12. The first kappa shape index (κ1) is 22.2. The molecule has 0 unspecified atom stereocenters. The maximum absolute atomic E-state index is 13.2. The fourth-order valence-corrected chi connectivity index (χ4v) is 4.35. The molecule has 33 heavy (non-hydrogen) atoms. The van der Waals surface area contributed by atoms with Gasteiger partial charge in [0.25, 0.3) is 5.56 Å². The molecule has 1 amide bonds. The van der Waals surface area contributed by atoms with Crippen LogP contribution < -0.4 is 21.3 Å². The van der Waals surface area contributed by atoms with Crippen LogP contribution in [0.15, 0.2) is 69.6 Å².